The van der Waals surface area contributed by atoms with Crippen molar-refractivity contribution in [2.75, 3.05) is 32.8 Å². The number of nitrogens with zero attached hydrogens (tertiary/aromatic N) is 6. The van der Waals surface area contributed by atoms with Crippen LogP contribution in [-0.4, -0.2) is 64.3 Å². The highest BCUT2D eigenvalue weighted by atomic mass is 32.1. The smallest absolute Gasteiger partial charge is 0.182 e. The third kappa shape index (κ3) is 8.43. The summed E-state index contributed by atoms with van der Waals surface area (Å²) in [5.74, 6) is 0.785. The Bertz CT molecular complexity index is 1030. The number of ether oxygens (including phenoxy) is 1. The van der Waals surface area contributed by atoms with Crippen LogP contribution in [0.25, 0.3) is 0 Å². The molecule has 0 bridgehead atoms. The minimum absolute atomic E-state index is 0.535. The van der Waals surface area contributed by atoms with Crippen molar-refractivity contribution in [3.8, 4) is 5.75 Å². The molecule has 9 heteroatoms. The molecule has 0 saturated heterocycles. The Morgan fingerprint density at radius 1 is 0.629 bits per heavy atom. The lowest BCUT2D eigenvalue weighted by Gasteiger charge is -2.18. The number of hydrogen-bond donors (Lipinski definition) is 2. The molecule has 2 aromatic carbocycles. The van der Waals surface area contributed by atoms with Crippen LogP contribution >= 0.6 is 25.3 Å². The molecule has 0 fully saturated rings. The van der Waals surface area contributed by atoms with Gasteiger partial charge in [0.1, 0.15) is 17.2 Å². The van der Waals surface area contributed by atoms with Crippen molar-refractivity contribution in [1.82, 2.24) is 9.80 Å². The fraction of sp³-hybridized carbons (Fsp3) is 0.385. The van der Waals surface area contributed by atoms with Crippen LogP contribution in [0.15, 0.2) is 75.0 Å². The minimum Gasteiger partial charge on any atom is -0.494 e. The van der Waals surface area contributed by atoms with Crippen LogP contribution in [0.1, 0.15) is 45.7 Å². The summed E-state index contributed by atoms with van der Waals surface area (Å²) < 4.78 is 5.62. The molecule has 0 N–H and O–H groups in total. The van der Waals surface area contributed by atoms with Crippen molar-refractivity contribution >= 4 is 47.0 Å². The molecule has 0 unspecified atom stereocenters. The normalized spacial score (nSPS) is 13.1. The first-order chi connectivity index (χ1) is 17.0. The van der Waals surface area contributed by atoms with Crippen molar-refractivity contribution in [2.24, 2.45) is 20.4 Å². The molecule has 35 heavy (non-hydrogen) atoms. The maximum Gasteiger partial charge on any atom is 0.182 e. The number of hydrogen-bond acceptors (Lipinski definition) is 5. The molecule has 0 aliphatic rings. The number of rotatable bonds is 11. The third-order valence-corrected chi connectivity index (χ3v) is 6.03. The predicted molar refractivity (Wildman–Crippen MR) is 156 cm³/mol. The van der Waals surface area contributed by atoms with E-state index in [0.717, 1.165) is 43.1 Å². The van der Waals surface area contributed by atoms with Crippen LogP contribution in [0.3, 0.4) is 0 Å². The molecule has 188 valence electrons. The van der Waals surface area contributed by atoms with Gasteiger partial charge >= 0.3 is 0 Å². The van der Waals surface area contributed by atoms with Gasteiger partial charge in [0.25, 0.3) is 0 Å². The molecule has 0 atom stereocenters. The number of thiol groups is 2. The van der Waals surface area contributed by atoms with E-state index >= 15 is 0 Å². The Kier molecular flexibility index (Phi) is 12.4. The Hall–Kier alpha value is -2.78. The van der Waals surface area contributed by atoms with Crippen molar-refractivity contribution in [3.63, 3.8) is 0 Å². The molecule has 2 rings (SSSR count). The first kappa shape index (κ1) is 28.5. The largest absolute Gasteiger partial charge is 0.494 e. The highest BCUT2D eigenvalue weighted by Gasteiger charge is 2.16. The van der Waals surface area contributed by atoms with Gasteiger partial charge in [-0.1, -0.05) is 30.3 Å². The summed E-state index contributed by atoms with van der Waals surface area (Å²) in [5, 5.41) is 19.2. The van der Waals surface area contributed by atoms with Gasteiger partial charge in [0.05, 0.1) is 6.61 Å². The third-order valence-electron chi connectivity index (χ3n) is 5.28. The van der Waals surface area contributed by atoms with Crippen molar-refractivity contribution in [2.45, 2.75) is 34.6 Å². The highest BCUT2D eigenvalue weighted by molar-refractivity contribution is 7.97. The maximum atomic E-state index is 5.62. The van der Waals surface area contributed by atoms with E-state index in [1.54, 1.807) is 0 Å². The summed E-state index contributed by atoms with van der Waals surface area (Å²) in [6, 6.07) is 17.5. The van der Waals surface area contributed by atoms with Gasteiger partial charge in [-0.3, -0.25) is 0 Å². The molecule has 0 spiro atoms. The van der Waals surface area contributed by atoms with Gasteiger partial charge in [0, 0.05) is 37.3 Å². The Morgan fingerprint density at radius 2 is 1.06 bits per heavy atom. The quantitative estimate of drug-likeness (QED) is 0.182. The topological polar surface area (TPSA) is 65.2 Å². The molecule has 0 aliphatic heterocycles. The van der Waals surface area contributed by atoms with Gasteiger partial charge in [-0.25, -0.2) is 0 Å². The van der Waals surface area contributed by atoms with Crippen LogP contribution in [0.4, 0.5) is 0 Å². The monoisotopic (exact) mass is 512 g/mol. The zero-order chi connectivity index (χ0) is 25.6. The first-order valence-electron chi connectivity index (χ1n) is 12.0. The maximum absolute atomic E-state index is 5.62. The van der Waals surface area contributed by atoms with E-state index in [2.05, 4.69) is 73.4 Å². The molecule has 0 radical (unpaired) electrons. The van der Waals surface area contributed by atoms with Crippen LogP contribution in [-0.2, 0) is 0 Å². The van der Waals surface area contributed by atoms with Gasteiger partial charge in [0.15, 0.2) is 10.3 Å². The summed E-state index contributed by atoms with van der Waals surface area (Å²) in [4.78, 5) is 4.04. The second-order valence-corrected chi connectivity index (χ2v) is 8.17. The lowest BCUT2D eigenvalue weighted by atomic mass is 10.00. The van der Waals surface area contributed by atoms with E-state index in [-0.39, 0.29) is 0 Å². The van der Waals surface area contributed by atoms with E-state index in [1.807, 2.05) is 71.3 Å². The van der Waals surface area contributed by atoms with Crippen molar-refractivity contribution in [3.05, 3.63) is 65.7 Å². The highest BCUT2D eigenvalue weighted by Crippen LogP contribution is 2.17. The molecule has 7 nitrogen and oxygen atoms in total. The molecule has 0 amide bonds. The average molecular weight is 513 g/mol. The number of benzene rings is 2. The fourth-order valence-corrected chi connectivity index (χ4v) is 3.94. The van der Waals surface area contributed by atoms with E-state index in [0.29, 0.717) is 28.4 Å². The summed E-state index contributed by atoms with van der Waals surface area (Å²) in [6.07, 6.45) is 0. The van der Waals surface area contributed by atoms with Crippen molar-refractivity contribution in [1.29, 1.82) is 0 Å². The number of amidine groups is 2. The summed E-state index contributed by atoms with van der Waals surface area (Å²) in [5.41, 5.74) is 2.85. The lowest BCUT2D eigenvalue weighted by molar-refractivity contribution is 0.340. The van der Waals surface area contributed by atoms with E-state index in [1.165, 1.54) is 0 Å². The van der Waals surface area contributed by atoms with Gasteiger partial charge in [-0.05, 0) is 58.9 Å². The molecule has 0 aromatic heterocycles. The van der Waals surface area contributed by atoms with Crippen LogP contribution in [0.5, 0.6) is 5.75 Å². The van der Waals surface area contributed by atoms with Gasteiger partial charge in [-0.2, -0.15) is 0 Å². The van der Waals surface area contributed by atoms with Crippen LogP contribution in [0, 0.1) is 0 Å². The van der Waals surface area contributed by atoms with E-state index in [4.69, 9.17) is 4.74 Å². The van der Waals surface area contributed by atoms with Gasteiger partial charge in [0.2, 0.25) is 0 Å². The molecular formula is C26H36N6OS2. The molecule has 0 aliphatic carbocycles. The van der Waals surface area contributed by atoms with Gasteiger partial charge in [-0.15, -0.1) is 45.7 Å². The average Bonchev–Trinajstić information content (AvgIpc) is 2.88. The lowest BCUT2D eigenvalue weighted by Crippen LogP contribution is -2.27. The van der Waals surface area contributed by atoms with Gasteiger partial charge < -0.3 is 14.5 Å². The predicted octanol–water partition coefficient (Wildman–Crippen LogP) is 5.45. The molecule has 2 aromatic rings. The zero-order valence-corrected chi connectivity index (χ0v) is 23.0. The second-order valence-electron chi connectivity index (χ2n) is 7.37. The summed E-state index contributed by atoms with van der Waals surface area (Å²) >= 11 is 9.14. The standard InChI is InChI=1S/C26H36N6OS2/c1-6-31(7-2)25(34)29-27-23(20-14-12-11-13-15-20)24(28-30-26(35)32(8-3)9-4)21-16-18-22(19-17-21)33-10-5/h11-19H,6-10H2,1-5H3,(H,29,34)(H,30,35)/b27-23+,28-24+. The van der Waals surface area contributed by atoms with Crippen LogP contribution < -0.4 is 4.74 Å². The molecular weight excluding hydrogens is 476 g/mol. The summed E-state index contributed by atoms with van der Waals surface area (Å²) in [7, 11) is 0. The van der Waals surface area contributed by atoms with E-state index < -0.39 is 0 Å². The zero-order valence-electron chi connectivity index (χ0n) is 21.2. The Balaban J connectivity index is 2.71. The fourth-order valence-electron chi connectivity index (χ4n) is 3.28. The van der Waals surface area contributed by atoms with Crippen LogP contribution in [0.2, 0.25) is 0 Å². The second kappa shape index (κ2) is 15.3. The van der Waals surface area contributed by atoms with Crippen molar-refractivity contribution < 1.29 is 4.74 Å². The minimum atomic E-state index is 0.535. The summed E-state index contributed by atoms with van der Waals surface area (Å²) in [6.45, 7) is 13.9. The Labute approximate surface area is 220 Å². The Morgan fingerprint density at radius 3 is 1.46 bits per heavy atom. The van der Waals surface area contributed by atoms with E-state index in [9.17, 15) is 0 Å². The SMILES string of the molecule is CCOc1ccc(C(=N\N=C(/S)N(CC)CC)/C(=N/N=C(\S)N(CC)CC)c2ccccc2)cc1. The molecule has 0 heterocycles. The molecule has 0 saturated carbocycles. The first-order valence-corrected chi connectivity index (χ1v) is 12.9.